The Kier molecular flexibility index (Phi) is 7.78. The molecule has 0 saturated carbocycles. The van der Waals surface area contributed by atoms with Gasteiger partial charge >= 0.3 is 0 Å². The normalized spacial score (nSPS) is 14.9. The second kappa shape index (κ2) is 10.6. The van der Waals surface area contributed by atoms with E-state index in [4.69, 9.17) is 51.8 Å². The van der Waals surface area contributed by atoms with E-state index in [1.54, 1.807) is 42.5 Å². The Morgan fingerprint density at radius 1 is 1.06 bits per heavy atom. The Morgan fingerprint density at radius 3 is 2.51 bits per heavy atom. The van der Waals surface area contributed by atoms with Crippen LogP contribution in [0.15, 0.2) is 64.6 Å². The van der Waals surface area contributed by atoms with E-state index in [0.29, 0.717) is 15.6 Å². The highest BCUT2D eigenvalue weighted by Gasteiger charge is 2.35. The summed E-state index contributed by atoms with van der Waals surface area (Å²) in [6.07, 6.45) is 1.36. The average molecular weight is 615 g/mol. The van der Waals surface area contributed by atoms with Gasteiger partial charge in [-0.05, 0) is 70.1 Å². The summed E-state index contributed by atoms with van der Waals surface area (Å²) in [4.78, 5) is 26.9. The number of rotatable bonds is 5. The highest BCUT2D eigenvalue weighted by molar-refractivity contribution is 9.10. The summed E-state index contributed by atoms with van der Waals surface area (Å²) in [7, 11) is 0. The summed E-state index contributed by atoms with van der Waals surface area (Å²) in [6.45, 7) is -0.0425. The van der Waals surface area contributed by atoms with Crippen molar-refractivity contribution in [2.24, 2.45) is 0 Å². The number of hydrogen-bond acceptors (Lipinski definition) is 4. The number of halogens is 5. The van der Waals surface area contributed by atoms with Gasteiger partial charge in [0.25, 0.3) is 11.8 Å². The molecule has 0 aromatic heterocycles. The molecule has 1 heterocycles. The summed E-state index contributed by atoms with van der Waals surface area (Å²) in [6, 6.07) is 14.1. The Hall–Kier alpha value is -2.49. The van der Waals surface area contributed by atoms with Gasteiger partial charge in [0.1, 0.15) is 18.0 Å². The van der Waals surface area contributed by atoms with E-state index in [9.17, 15) is 14.0 Å². The molecule has 178 valence electrons. The van der Waals surface area contributed by atoms with Crippen LogP contribution in [0.25, 0.3) is 6.08 Å². The fraction of sp³-hybridized carbons (Fsp3) is 0.0417. The zero-order valence-corrected chi connectivity index (χ0v) is 22.1. The van der Waals surface area contributed by atoms with E-state index in [1.807, 2.05) is 0 Å². The molecule has 0 spiro atoms. The molecule has 0 atom stereocenters. The van der Waals surface area contributed by atoms with E-state index in [1.165, 1.54) is 18.2 Å². The second-order valence-corrected chi connectivity index (χ2v) is 9.66. The van der Waals surface area contributed by atoms with Crippen LogP contribution in [0.3, 0.4) is 0 Å². The van der Waals surface area contributed by atoms with Crippen molar-refractivity contribution in [3.63, 3.8) is 0 Å². The van der Waals surface area contributed by atoms with E-state index in [2.05, 4.69) is 21.2 Å². The van der Waals surface area contributed by atoms with Gasteiger partial charge in [0.15, 0.2) is 10.9 Å². The molecule has 5 nitrogen and oxygen atoms in total. The first-order valence-electron chi connectivity index (χ1n) is 9.88. The van der Waals surface area contributed by atoms with Crippen LogP contribution in [0.5, 0.6) is 5.75 Å². The summed E-state index contributed by atoms with van der Waals surface area (Å²) < 4.78 is 20.0. The van der Waals surface area contributed by atoms with E-state index in [0.717, 1.165) is 4.90 Å². The van der Waals surface area contributed by atoms with Crippen molar-refractivity contribution in [1.82, 2.24) is 5.32 Å². The summed E-state index contributed by atoms with van der Waals surface area (Å²) in [5, 5.41) is 2.89. The van der Waals surface area contributed by atoms with Crippen LogP contribution in [0, 0.1) is 5.82 Å². The zero-order chi connectivity index (χ0) is 25.3. The third-order valence-corrected chi connectivity index (χ3v) is 6.90. The van der Waals surface area contributed by atoms with Gasteiger partial charge in [-0.15, -0.1) is 0 Å². The molecule has 1 aliphatic heterocycles. The number of nitrogens with zero attached hydrogens (tertiary/aromatic N) is 1. The Balaban J connectivity index is 1.64. The minimum absolute atomic E-state index is 0.0425. The lowest BCUT2D eigenvalue weighted by molar-refractivity contribution is -0.122. The zero-order valence-electron chi connectivity index (χ0n) is 17.5. The lowest BCUT2D eigenvalue weighted by atomic mass is 10.1. The van der Waals surface area contributed by atoms with Crippen molar-refractivity contribution in [3.05, 3.63) is 96.7 Å². The number of carbonyl (C=O) groups excluding carboxylic acids is 2. The number of carbonyl (C=O) groups is 2. The van der Waals surface area contributed by atoms with Crippen LogP contribution < -0.4 is 15.0 Å². The van der Waals surface area contributed by atoms with E-state index < -0.39 is 17.6 Å². The van der Waals surface area contributed by atoms with Crippen molar-refractivity contribution in [3.8, 4) is 5.75 Å². The molecule has 35 heavy (non-hydrogen) atoms. The van der Waals surface area contributed by atoms with Crippen LogP contribution in [0.1, 0.15) is 11.1 Å². The molecular formula is C24H13BrCl3FN2O3S. The van der Waals surface area contributed by atoms with Gasteiger partial charge in [-0.1, -0.05) is 59.1 Å². The first-order valence-corrected chi connectivity index (χ1v) is 12.2. The molecule has 1 fully saturated rings. The van der Waals surface area contributed by atoms with Gasteiger partial charge in [0.05, 0.1) is 25.2 Å². The predicted molar refractivity (Wildman–Crippen MR) is 143 cm³/mol. The van der Waals surface area contributed by atoms with E-state index >= 15 is 0 Å². The van der Waals surface area contributed by atoms with Crippen LogP contribution in [0.2, 0.25) is 15.1 Å². The molecule has 1 aliphatic rings. The maximum absolute atomic E-state index is 13.9. The highest BCUT2D eigenvalue weighted by atomic mass is 79.9. The molecule has 3 aromatic rings. The maximum Gasteiger partial charge on any atom is 0.270 e. The molecular weight excluding hydrogens is 602 g/mol. The van der Waals surface area contributed by atoms with Gasteiger partial charge < -0.3 is 4.74 Å². The SMILES string of the molecule is O=C1NC(=S)N(c2cccc(Cl)c2Cl)C(=O)/C1=C/c1cc(Cl)c(OCc2ccccc2F)c(Br)c1. The van der Waals surface area contributed by atoms with Gasteiger partial charge in [-0.2, -0.15) is 0 Å². The fourth-order valence-corrected chi connectivity index (χ4v) is 4.92. The molecule has 0 aliphatic carbocycles. The molecule has 11 heteroatoms. The Morgan fingerprint density at radius 2 is 1.80 bits per heavy atom. The van der Waals surface area contributed by atoms with Crippen molar-refractivity contribution < 1.29 is 18.7 Å². The topological polar surface area (TPSA) is 58.6 Å². The molecule has 2 amide bonds. The monoisotopic (exact) mass is 612 g/mol. The van der Waals surface area contributed by atoms with Crippen LogP contribution >= 0.6 is 63.0 Å². The molecule has 1 saturated heterocycles. The van der Waals surface area contributed by atoms with Crippen LogP contribution in [0.4, 0.5) is 10.1 Å². The Labute approximate surface area is 228 Å². The highest BCUT2D eigenvalue weighted by Crippen LogP contribution is 2.37. The lowest BCUT2D eigenvalue weighted by Gasteiger charge is -2.29. The number of benzene rings is 3. The number of anilines is 1. The van der Waals surface area contributed by atoms with Gasteiger partial charge in [0.2, 0.25) is 0 Å². The van der Waals surface area contributed by atoms with Gasteiger partial charge in [-0.25, -0.2) is 4.39 Å². The van der Waals surface area contributed by atoms with E-state index in [-0.39, 0.29) is 43.8 Å². The quantitative estimate of drug-likeness (QED) is 0.192. The Bertz CT molecular complexity index is 1390. The fourth-order valence-electron chi connectivity index (χ4n) is 3.27. The van der Waals surface area contributed by atoms with Crippen molar-refractivity contribution in [2.75, 3.05) is 4.90 Å². The van der Waals surface area contributed by atoms with Crippen LogP contribution in [-0.4, -0.2) is 16.9 Å². The molecule has 0 bridgehead atoms. The van der Waals surface area contributed by atoms with Crippen LogP contribution in [-0.2, 0) is 16.2 Å². The van der Waals surface area contributed by atoms with Gasteiger partial charge in [-0.3, -0.25) is 19.8 Å². The van der Waals surface area contributed by atoms with Crippen molar-refractivity contribution in [1.29, 1.82) is 0 Å². The maximum atomic E-state index is 13.9. The van der Waals surface area contributed by atoms with Crippen molar-refractivity contribution >= 4 is 91.6 Å². The number of amides is 2. The summed E-state index contributed by atoms with van der Waals surface area (Å²) >= 11 is 27.3. The molecule has 3 aromatic carbocycles. The predicted octanol–water partition coefficient (Wildman–Crippen LogP) is 6.96. The average Bonchev–Trinajstić information content (AvgIpc) is 2.80. The number of hydrogen-bond donors (Lipinski definition) is 1. The van der Waals surface area contributed by atoms with Gasteiger partial charge in [0, 0.05) is 5.56 Å². The number of nitrogens with one attached hydrogen (secondary N) is 1. The third-order valence-electron chi connectivity index (χ3n) is 4.94. The third kappa shape index (κ3) is 5.37. The molecule has 0 radical (unpaired) electrons. The lowest BCUT2D eigenvalue weighted by Crippen LogP contribution is -2.54. The molecule has 4 rings (SSSR count). The second-order valence-electron chi connectivity index (χ2n) is 7.22. The van der Waals surface area contributed by atoms with Crippen molar-refractivity contribution in [2.45, 2.75) is 6.61 Å². The molecule has 0 unspecified atom stereocenters. The summed E-state index contributed by atoms with van der Waals surface area (Å²) in [5.74, 6) is -1.48. The largest absolute Gasteiger partial charge is 0.486 e. The minimum Gasteiger partial charge on any atom is -0.486 e. The molecule has 1 N–H and O–H groups in total. The smallest absolute Gasteiger partial charge is 0.270 e. The standard InChI is InChI=1S/C24H13BrCl3FN2O3S/c25-15-9-12(10-17(27)21(15)34-11-13-4-1-2-6-18(13)29)8-14-22(32)30-24(35)31(23(14)33)19-7-3-5-16(26)20(19)28/h1-10H,11H2,(H,30,32,35)/b14-8+. The summed E-state index contributed by atoms with van der Waals surface area (Å²) in [5.41, 5.74) is 0.833. The first kappa shape index (κ1) is 25.6. The first-order chi connectivity index (χ1) is 16.7. The number of thiocarbonyl (C=S) groups is 1. The minimum atomic E-state index is -0.685. The number of ether oxygens (including phenoxy) is 1.